The third kappa shape index (κ3) is 3.03. The summed E-state index contributed by atoms with van der Waals surface area (Å²) in [4.78, 5) is 10.2. The molecule has 19 heavy (non-hydrogen) atoms. The van der Waals surface area contributed by atoms with Gasteiger partial charge in [-0.1, -0.05) is 11.6 Å². The lowest BCUT2D eigenvalue weighted by atomic mass is 10.2. The van der Waals surface area contributed by atoms with Gasteiger partial charge in [0.1, 0.15) is 11.8 Å². The molecule has 1 heterocycles. The lowest BCUT2D eigenvalue weighted by Gasteiger charge is -2.06. The normalized spacial score (nSPS) is 9.89. The van der Waals surface area contributed by atoms with Crippen LogP contribution < -0.4 is 5.32 Å². The molecule has 0 fully saturated rings. The van der Waals surface area contributed by atoms with Crippen LogP contribution in [0.3, 0.4) is 0 Å². The number of nitrogens with one attached hydrogen (secondary N) is 1. The number of nitrogens with zero attached hydrogens (tertiary/aromatic N) is 2. The Labute approximate surface area is 113 Å². The maximum atomic E-state index is 10.7. The van der Waals surface area contributed by atoms with Gasteiger partial charge in [-0.15, -0.1) is 0 Å². The highest BCUT2D eigenvalue weighted by atomic mass is 35.5. The highest BCUT2D eigenvalue weighted by Gasteiger charge is 2.10. The molecule has 0 aliphatic heterocycles. The summed E-state index contributed by atoms with van der Waals surface area (Å²) >= 11 is 5.93. The molecule has 7 heteroatoms. The highest BCUT2D eigenvalue weighted by Crippen LogP contribution is 2.27. The summed E-state index contributed by atoms with van der Waals surface area (Å²) in [6.07, 6.45) is 0. The molecule has 0 atom stereocenters. The molecule has 0 radical (unpaired) electrons. The van der Waals surface area contributed by atoms with E-state index in [4.69, 9.17) is 21.3 Å². The van der Waals surface area contributed by atoms with Crippen LogP contribution in [0, 0.1) is 21.4 Å². The number of nitriles is 1. The van der Waals surface area contributed by atoms with E-state index in [1.165, 1.54) is 18.2 Å². The zero-order valence-corrected chi connectivity index (χ0v) is 10.3. The maximum Gasteiger partial charge on any atom is 0.271 e. The molecule has 0 bridgehead atoms. The minimum absolute atomic E-state index is 0.0518. The second-order valence-electron chi connectivity index (χ2n) is 3.65. The molecule has 6 nitrogen and oxygen atoms in total. The van der Waals surface area contributed by atoms with Crippen molar-refractivity contribution in [3.8, 4) is 6.07 Å². The van der Waals surface area contributed by atoms with Crippen molar-refractivity contribution in [1.82, 2.24) is 0 Å². The summed E-state index contributed by atoms with van der Waals surface area (Å²) in [5.74, 6) is 0.751. The SMILES string of the molecule is N#Cc1ccc(CNc2cc([N+](=O)[O-])ccc2Cl)o1. The second-order valence-corrected chi connectivity index (χ2v) is 4.06. The number of benzene rings is 1. The van der Waals surface area contributed by atoms with E-state index in [9.17, 15) is 10.1 Å². The third-order valence-electron chi connectivity index (χ3n) is 2.39. The van der Waals surface area contributed by atoms with Crippen molar-refractivity contribution in [2.24, 2.45) is 0 Å². The van der Waals surface area contributed by atoms with E-state index < -0.39 is 4.92 Å². The van der Waals surface area contributed by atoms with Gasteiger partial charge >= 0.3 is 0 Å². The zero-order chi connectivity index (χ0) is 13.8. The lowest BCUT2D eigenvalue weighted by molar-refractivity contribution is -0.384. The van der Waals surface area contributed by atoms with Crippen LogP contribution in [0.5, 0.6) is 0 Å². The fourth-order valence-electron chi connectivity index (χ4n) is 1.48. The number of furan rings is 1. The van der Waals surface area contributed by atoms with Crippen molar-refractivity contribution in [1.29, 1.82) is 5.26 Å². The van der Waals surface area contributed by atoms with E-state index in [0.29, 0.717) is 16.5 Å². The molecule has 2 rings (SSSR count). The smallest absolute Gasteiger partial charge is 0.271 e. The van der Waals surface area contributed by atoms with Gasteiger partial charge in [-0.05, 0) is 18.2 Å². The minimum Gasteiger partial charge on any atom is -0.449 e. The number of rotatable bonds is 4. The number of halogens is 1. The van der Waals surface area contributed by atoms with Crippen molar-refractivity contribution in [2.45, 2.75) is 6.54 Å². The Bertz CT molecular complexity index is 660. The number of nitro benzene ring substituents is 1. The Morgan fingerprint density at radius 2 is 2.21 bits per heavy atom. The van der Waals surface area contributed by atoms with Crippen LogP contribution in [-0.4, -0.2) is 4.92 Å². The average molecular weight is 278 g/mol. The predicted octanol–water partition coefficient (Wildman–Crippen LogP) is 3.32. The van der Waals surface area contributed by atoms with Crippen LogP contribution in [0.2, 0.25) is 5.02 Å². The van der Waals surface area contributed by atoms with Crippen LogP contribution in [0.1, 0.15) is 11.5 Å². The van der Waals surface area contributed by atoms with Crippen LogP contribution >= 0.6 is 11.6 Å². The van der Waals surface area contributed by atoms with Crippen molar-refractivity contribution in [3.05, 3.63) is 57.0 Å². The summed E-state index contributed by atoms with van der Waals surface area (Å²) < 4.78 is 5.17. The van der Waals surface area contributed by atoms with Crippen LogP contribution in [0.4, 0.5) is 11.4 Å². The second kappa shape index (κ2) is 5.42. The van der Waals surface area contributed by atoms with Crippen LogP contribution in [-0.2, 0) is 6.54 Å². The lowest BCUT2D eigenvalue weighted by Crippen LogP contribution is -1.99. The van der Waals surface area contributed by atoms with E-state index in [1.807, 2.05) is 6.07 Å². The van der Waals surface area contributed by atoms with Crippen molar-refractivity contribution in [3.63, 3.8) is 0 Å². The van der Waals surface area contributed by atoms with Gasteiger partial charge in [-0.2, -0.15) is 5.26 Å². The van der Waals surface area contributed by atoms with Gasteiger partial charge in [0.15, 0.2) is 0 Å². The Hall–Kier alpha value is -2.52. The molecule has 0 aliphatic rings. The van der Waals surface area contributed by atoms with Crippen molar-refractivity contribution >= 4 is 23.0 Å². The summed E-state index contributed by atoms with van der Waals surface area (Å²) in [6.45, 7) is 0.280. The van der Waals surface area contributed by atoms with E-state index >= 15 is 0 Å². The Kier molecular flexibility index (Phi) is 3.68. The summed E-state index contributed by atoms with van der Waals surface area (Å²) in [7, 11) is 0. The molecule has 1 aromatic carbocycles. The number of nitro groups is 1. The van der Waals surface area contributed by atoms with Gasteiger partial charge in [0.05, 0.1) is 22.2 Å². The molecule has 0 aliphatic carbocycles. The van der Waals surface area contributed by atoms with E-state index in [1.54, 1.807) is 12.1 Å². The van der Waals surface area contributed by atoms with Crippen molar-refractivity contribution < 1.29 is 9.34 Å². The summed E-state index contributed by atoms with van der Waals surface area (Å²) in [6, 6.07) is 9.19. The maximum absolute atomic E-state index is 10.7. The van der Waals surface area contributed by atoms with Crippen LogP contribution in [0.15, 0.2) is 34.7 Å². The topological polar surface area (TPSA) is 92.1 Å². The minimum atomic E-state index is -0.498. The van der Waals surface area contributed by atoms with Gasteiger partial charge in [-0.3, -0.25) is 10.1 Å². The molecule has 96 valence electrons. The molecular weight excluding hydrogens is 270 g/mol. The first-order chi connectivity index (χ1) is 9.10. The Morgan fingerprint density at radius 1 is 1.42 bits per heavy atom. The number of hydrogen-bond donors (Lipinski definition) is 1. The average Bonchev–Trinajstić information content (AvgIpc) is 2.85. The van der Waals surface area contributed by atoms with E-state index in [-0.39, 0.29) is 18.0 Å². The van der Waals surface area contributed by atoms with Gasteiger partial charge in [0, 0.05) is 12.1 Å². The Morgan fingerprint density at radius 3 is 2.84 bits per heavy atom. The van der Waals surface area contributed by atoms with Crippen molar-refractivity contribution in [2.75, 3.05) is 5.32 Å². The molecule has 0 amide bonds. The monoisotopic (exact) mass is 277 g/mol. The molecule has 1 aromatic heterocycles. The van der Waals surface area contributed by atoms with E-state index in [0.717, 1.165) is 0 Å². The Balaban J connectivity index is 2.12. The number of anilines is 1. The highest BCUT2D eigenvalue weighted by molar-refractivity contribution is 6.33. The number of non-ortho nitro benzene ring substituents is 1. The number of hydrogen-bond acceptors (Lipinski definition) is 5. The summed E-state index contributed by atoms with van der Waals surface area (Å²) in [5, 5.41) is 22.6. The largest absolute Gasteiger partial charge is 0.449 e. The first-order valence-electron chi connectivity index (χ1n) is 5.27. The molecular formula is C12H8ClN3O3. The molecule has 0 unspecified atom stereocenters. The van der Waals surface area contributed by atoms with Gasteiger partial charge in [0.25, 0.3) is 5.69 Å². The van der Waals surface area contributed by atoms with Gasteiger partial charge in [0.2, 0.25) is 5.76 Å². The predicted molar refractivity (Wildman–Crippen MR) is 68.9 cm³/mol. The molecule has 2 aromatic rings. The fraction of sp³-hybridized carbons (Fsp3) is 0.0833. The standard InChI is InChI=1S/C12H8ClN3O3/c13-11-4-1-8(16(17)18)5-12(11)15-7-10-3-2-9(6-14)19-10/h1-5,15H,7H2. The summed E-state index contributed by atoms with van der Waals surface area (Å²) in [5.41, 5.74) is 0.384. The first-order valence-corrected chi connectivity index (χ1v) is 5.64. The fourth-order valence-corrected chi connectivity index (χ4v) is 1.66. The van der Waals surface area contributed by atoms with Crippen LogP contribution in [0.25, 0.3) is 0 Å². The van der Waals surface area contributed by atoms with Gasteiger partial charge in [-0.25, -0.2) is 0 Å². The van der Waals surface area contributed by atoms with Gasteiger partial charge < -0.3 is 9.73 Å². The molecule has 0 spiro atoms. The third-order valence-corrected chi connectivity index (χ3v) is 2.72. The quantitative estimate of drug-likeness (QED) is 0.683. The molecule has 0 saturated carbocycles. The first kappa shape index (κ1) is 12.9. The van der Waals surface area contributed by atoms with E-state index in [2.05, 4.69) is 5.32 Å². The molecule has 0 saturated heterocycles. The molecule has 1 N–H and O–H groups in total. The zero-order valence-electron chi connectivity index (χ0n) is 9.59.